The minimum absolute atomic E-state index is 0.174. The Hall–Kier alpha value is -4.45. The van der Waals surface area contributed by atoms with Crippen LogP contribution in [0.25, 0.3) is 11.8 Å². The number of amides is 1. The standard InChI is InChI=1S/C27H21N3O3/c1-33-22-13-7-19(8-14-22)16-24-27(32)30-17-25(20-9-11-21(31)12-10-20)28-23(26(30)29-24)15-18-5-3-2-4-6-18/h2-14,16-17,31H,15H2,1H3/b24-16-/i16+1. The smallest absolute Gasteiger partial charge is 0.282 e. The van der Waals surface area contributed by atoms with Crippen molar-refractivity contribution in [2.75, 3.05) is 7.11 Å². The second kappa shape index (κ2) is 8.59. The zero-order valence-electron chi connectivity index (χ0n) is 18.0. The van der Waals surface area contributed by atoms with Crippen LogP contribution in [0.2, 0.25) is 0 Å². The van der Waals surface area contributed by atoms with Crippen LogP contribution >= 0.6 is 0 Å². The van der Waals surface area contributed by atoms with Crippen molar-refractivity contribution >= 4 is 29.2 Å². The number of methoxy groups -OCH3 is 1. The molecule has 0 spiro atoms. The number of nitrogens with zero attached hydrogens (tertiary/aromatic N) is 3. The van der Waals surface area contributed by atoms with E-state index in [2.05, 4.69) is 4.99 Å². The molecule has 162 valence electrons. The number of benzene rings is 3. The molecule has 3 aromatic rings. The highest BCUT2D eigenvalue weighted by atomic mass is 16.5. The van der Waals surface area contributed by atoms with Crippen molar-refractivity contribution in [3.05, 3.63) is 107 Å². The normalized spacial score (nSPS) is 16.3. The Morgan fingerprint density at radius 1 is 0.939 bits per heavy atom. The highest BCUT2D eigenvalue weighted by molar-refractivity contribution is 6.48. The molecule has 5 rings (SSSR count). The first-order valence-electron chi connectivity index (χ1n) is 10.5. The van der Waals surface area contributed by atoms with Gasteiger partial charge in [0.25, 0.3) is 5.91 Å². The summed E-state index contributed by atoms with van der Waals surface area (Å²) < 4.78 is 5.21. The highest BCUT2D eigenvalue weighted by Gasteiger charge is 2.35. The van der Waals surface area contributed by atoms with Crippen LogP contribution in [0, 0.1) is 0 Å². The van der Waals surface area contributed by atoms with E-state index in [4.69, 9.17) is 9.73 Å². The molecule has 0 bridgehead atoms. The van der Waals surface area contributed by atoms with Crippen molar-refractivity contribution in [3.8, 4) is 11.5 Å². The molecule has 1 N–H and O–H groups in total. The third-order valence-electron chi connectivity index (χ3n) is 5.45. The molecule has 3 aromatic carbocycles. The molecule has 0 aliphatic carbocycles. The molecule has 2 heterocycles. The van der Waals surface area contributed by atoms with Gasteiger partial charge in [0, 0.05) is 18.2 Å². The molecule has 0 saturated carbocycles. The van der Waals surface area contributed by atoms with Crippen LogP contribution in [0.15, 0.2) is 101 Å². The number of rotatable bonds is 5. The summed E-state index contributed by atoms with van der Waals surface area (Å²) >= 11 is 0. The molecule has 0 fully saturated rings. The Labute approximate surface area is 191 Å². The molecular weight excluding hydrogens is 415 g/mol. The van der Waals surface area contributed by atoms with Crippen LogP contribution in [-0.4, -0.2) is 34.6 Å². The van der Waals surface area contributed by atoms with Gasteiger partial charge in [-0.1, -0.05) is 42.5 Å². The van der Waals surface area contributed by atoms with Crippen molar-refractivity contribution in [2.24, 2.45) is 9.98 Å². The largest absolute Gasteiger partial charge is 0.508 e. The average Bonchev–Trinajstić information content (AvgIpc) is 3.16. The lowest BCUT2D eigenvalue weighted by atomic mass is 10.1. The number of fused-ring (bicyclic) bond motifs is 1. The first-order valence-corrected chi connectivity index (χ1v) is 10.5. The van der Waals surface area contributed by atoms with Gasteiger partial charge in [-0.2, -0.15) is 0 Å². The quantitative estimate of drug-likeness (QED) is 0.466. The third-order valence-corrected chi connectivity index (χ3v) is 5.45. The maximum atomic E-state index is 13.3. The molecule has 0 unspecified atom stereocenters. The summed E-state index contributed by atoms with van der Waals surface area (Å²) in [4.78, 5) is 24.3. The summed E-state index contributed by atoms with van der Waals surface area (Å²) in [5, 5.41) is 9.65. The van der Waals surface area contributed by atoms with Crippen molar-refractivity contribution < 1.29 is 14.6 Å². The maximum absolute atomic E-state index is 13.3. The fourth-order valence-electron chi connectivity index (χ4n) is 3.74. The molecule has 0 aromatic heterocycles. The number of aromatic hydroxyl groups is 1. The third kappa shape index (κ3) is 4.19. The Morgan fingerprint density at radius 3 is 2.36 bits per heavy atom. The van der Waals surface area contributed by atoms with E-state index in [1.807, 2.05) is 54.6 Å². The SMILES string of the molecule is COc1ccc(/[13CH]=C2\N=C3C(Cc4ccccc4)=NC(c4ccc(O)cc4)=CN3C2=O)cc1. The molecule has 0 radical (unpaired) electrons. The van der Waals surface area contributed by atoms with Gasteiger partial charge in [-0.25, -0.2) is 9.98 Å². The number of hydrogen-bond acceptors (Lipinski definition) is 5. The van der Waals surface area contributed by atoms with E-state index < -0.39 is 0 Å². The first-order chi connectivity index (χ1) is 16.1. The number of phenols is 1. The minimum atomic E-state index is -0.211. The molecule has 0 saturated heterocycles. The van der Waals surface area contributed by atoms with Gasteiger partial charge in [0.05, 0.1) is 18.5 Å². The summed E-state index contributed by atoms with van der Waals surface area (Å²) in [5.74, 6) is 1.24. The molecule has 33 heavy (non-hydrogen) atoms. The fourth-order valence-corrected chi connectivity index (χ4v) is 3.74. The fraction of sp³-hybridized carbons (Fsp3) is 0.0741. The van der Waals surface area contributed by atoms with E-state index in [0.29, 0.717) is 29.4 Å². The Morgan fingerprint density at radius 2 is 1.67 bits per heavy atom. The van der Waals surface area contributed by atoms with Crippen LogP contribution in [0.5, 0.6) is 11.5 Å². The van der Waals surface area contributed by atoms with Gasteiger partial charge >= 0.3 is 0 Å². The zero-order valence-corrected chi connectivity index (χ0v) is 18.0. The molecule has 0 atom stereocenters. The molecule has 2 aliphatic rings. The highest BCUT2D eigenvalue weighted by Crippen LogP contribution is 2.29. The summed E-state index contributed by atoms with van der Waals surface area (Å²) in [5.41, 5.74) is 4.42. The van der Waals surface area contributed by atoms with Crippen molar-refractivity contribution in [3.63, 3.8) is 0 Å². The summed E-state index contributed by atoms with van der Waals surface area (Å²) in [7, 11) is 1.61. The Bertz CT molecular complexity index is 1320. The minimum Gasteiger partial charge on any atom is -0.508 e. The number of phenolic OH excluding ortho intramolecular Hbond substituents is 1. The van der Waals surface area contributed by atoms with Crippen molar-refractivity contribution in [1.29, 1.82) is 0 Å². The predicted molar refractivity (Wildman–Crippen MR) is 129 cm³/mol. The monoisotopic (exact) mass is 436 g/mol. The van der Waals surface area contributed by atoms with Crippen LogP contribution in [0.3, 0.4) is 0 Å². The number of aliphatic imine (C=N–C) groups is 2. The van der Waals surface area contributed by atoms with E-state index in [9.17, 15) is 9.90 Å². The Kier molecular flexibility index (Phi) is 5.32. The van der Waals surface area contributed by atoms with Gasteiger partial charge in [-0.3, -0.25) is 9.69 Å². The lowest BCUT2D eigenvalue weighted by Gasteiger charge is -2.22. The van der Waals surface area contributed by atoms with Crippen LogP contribution in [0.4, 0.5) is 0 Å². The van der Waals surface area contributed by atoms with Crippen LogP contribution in [0.1, 0.15) is 16.7 Å². The summed E-state index contributed by atoms with van der Waals surface area (Å²) in [6.07, 6.45) is 4.01. The summed E-state index contributed by atoms with van der Waals surface area (Å²) in [6.45, 7) is 0. The van der Waals surface area contributed by atoms with Crippen LogP contribution in [-0.2, 0) is 11.2 Å². The maximum Gasteiger partial charge on any atom is 0.282 e. The van der Waals surface area contributed by atoms with Gasteiger partial charge in [0.2, 0.25) is 0 Å². The molecular formula is C27H21N3O3. The molecule has 1 amide bonds. The second-order valence-electron chi connectivity index (χ2n) is 7.70. The lowest BCUT2D eigenvalue weighted by molar-refractivity contribution is -0.120. The molecule has 6 heteroatoms. The number of hydrogen-bond donors (Lipinski definition) is 1. The topological polar surface area (TPSA) is 74.5 Å². The van der Waals surface area contributed by atoms with E-state index in [0.717, 1.165) is 22.4 Å². The Balaban J connectivity index is 1.55. The number of ether oxygens (including phenoxy) is 1. The predicted octanol–water partition coefficient (Wildman–Crippen LogP) is 4.68. The van der Waals surface area contributed by atoms with E-state index in [-0.39, 0.29) is 11.7 Å². The average molecular weight is 436 g/mol. The second-order valence-corrected chi connectivity index (χ2v) is 7.70. The number of carbonyl (C=O) groups is 1. The number of amidine groups is 1. The van der Waals surface area contributed by atoms with Crippen molar-refractivity contribution in [1.82, 2.24) is 4.90 Å². The van der Waals surface area contributed by atoms with Gasteiger partial charge in [-0.15, -0.1) is 0 Å². The number of carbonyl (C=O) groups excluding carboxylic acids is 1. The summed E-state index contributed by atoms with van der Waals surface area (Å²) in [6, 6.07) is 24.2. The first kappa shape index (κ1) is 20.5. The van der Waals surface area contributed by atoms with Gasteiger partial charge in [0.15, 0.2) is 5.84 Å². The van der Waals surface area contributed by atoms with Gasteiger partial charge < -0.3 is 9.84 Å². The molecule has 2 aliphatic heterocycles. The van der Waals surface area contributed by atoms with Gasteiger partial charge in [0.1, 0.15) is 17.2 Å². The lowest BCUT2D eigenvalue weighted by Crippen LogP contribution is -2.36. The zero-order chi connectivity index (χ0) is 22.8. The van der Waals surface area contributed by atoms with E-state index in [1.54, 1.807) is 48.6 Å². The van der Waals surface area contributed by atoms with E-state index in [1.165, 1.54) is 0 Å². The van der Waals surface area contributed by atoms with E-state index >= 15 is 0 Å². The molecule has 6 nitrogen and oxygen atoms in total. The van der Waals surface area contributed by atoms with Gasteiger partial charge in [-0.05, 0) is 53.6 Å². The van der Waals surface area contributed by atoms with Crippen molar-refractivity contribution in [2.45, 2.75) is 6.42 Å². The van der Waals surface area contributed by atoms with Crippen LogP contribution < -0.4 is 4.74 Å².